The number of nitrogens with one attached hydrogen (secondary N) is 1. The Hall–Kier alpha value is -0.940. The number of rotatable bonds is 3. The fraction of sp³-hybridized carbons (Fsp3) is 0.300. The molecule has 0 aliphatic rings. The second-order valence-corrected chi connectivity index (χ2v) is 4.07. The van der Waals surface area contributed by atoms with Crippen LogP contribution < -0.4 is 10.1 Å². The molecule has 0 saturated heterocycles. The van der Waals surface area contributed by atoms with Gasteiger partial charge in [-0.1, -0.05) is 11.6 Å². The minimum Gasteiger partial charge on any atom is -0.495 e. The molecule has 16 heavy (non-hydrogen) atoms. The fourth-order valence-electron chi connectivity index (χ4n) is 1.07. The average molecular weight is 309 g/mol. The minimum absolute atomic E-state index is 0.308. The number of carbonyl (C=O) groups is 1. The monoisotopic (exact) mass is 307 g/mol. The molecule has 0 unspecified atom stereocenters. The molecule has 1 aromatic carbocycles. The molecule has 1 N–H and O–H groups in total. The van der Waals surface area contributed by atoms with Crippen molar-refractivity contribution < 1.29 is 14.3 Å². The summed E-state index contributed by atoms with van der Waals surface area (Å²) in [5.74, 6) is 0.473. The van der Waals surface area contributed by atoms with Crippen LogP contribution in [0.4, 0.5) is 10.5 Å². The second kappa shape index (κ2) is 5.96. The molecular weight excluding hydrogens is 297 g/mol. The van der Waals surface area contributed by atoms with Crippen molar-refractivity contribution in [2.24, 2.45) is 0 Å². The third-order valence-electron chi connectivity index (χ3n) is 1.75. The molecule has 4 nitrogen and oxygen atoms in total. The van der Waals surface area contributed by atoms with Crippen molar-refractivity contribution in [2.75, 3.05) is 19.0 Å². The molecule has 0 saturated carbocycles. The van der Waals surface area contributed by atoms with Crippen molar-refractivity contribution in [1.29, 1.82) is 0 Å². The number of amides is 1. The van der Waals surface area contributed by atoms with Gasteiger partial charge in [-0.05, 0) is 28.9 Å². The van der Waals surface area contributed by atoms with Crippen LogP contribution >= 0.6 is 27.5 Å². The number of ether oxygens (including phenoxy) is 2. The zero-order valence-corrected chi connectivity index (χ0v) is 11.2. The number of benzene rings is 1. The van der Waals surface area contributed by atoms with Gasteiger partial charge in [0.15, 0.2) is 0 Å². The Balaban J connectivity index is 2.94. The Morgan fingerprint density at radius 2 is 2.25 bits per heavy atom. The summed E-state index contributed by atoms with van der Waals surface area (Å²) >= 11 is 9.15. The molecule has 0 radical (unpaired) electrons. The van der Waals surface area contributed by atoms with Crippen LogP contribution in [0.3, 0.4) is 0 Å². The lowest BCUT2D eigenvalue weighted by atomic mass is 10.3. The van der Waals surface area contributed by atoms with Crippen molar-refractivity contribution in [1.82, 2.24) is 0 Å². The predicted molar refractivity (Wildman–Crippen MR) is 66.3 cm³/mol. The highest BCUT2D eigenvalue weighted by Gasteiger charge is 2.11. The highest BCUT2D eigenvalue weighted by atomic mass is 79.9. The second-order valence-electron chi connectivity index (χ2n) is 2.81. The first-order valence-corrected chi connectivity index (χ1v) is 5.72. The maximum Gasteiger partial charge on any atom is 0.411 e. The first kappa shape index (κ1) is 13.1. The molecule has 1 amide bonds. The molecule has 88 valence electrons. The standard InChI is InChI=1S/C10H11BrClNO3/c1-3-16-10(14)13-8-4-6(11)7(12)5-9(8)15-2/h4-5H,3H2,1-2H3,(H,13,14). The van der Waals surface area contributed by atoms with Gasteiger partial charge in [-0.25, -0.2) is 4.79 Å². The lowest BCUT2D eigenvalue weighted by molar-refractivity contribution is 0.168. The van der Waals surface area contributed by atoms with Crippen LogP contribution in [0.15, 0.2) is 16.6 Å². The van der Waals surface area contributed by atoms with Gasteiger partial charge in [0.1, 0.15) is 5.75 Å². The highest BCUT2D eigenvalue weighted by Crippen LogP contribution is 2.34. The van der Waals surface area contributed by atoms with E-state index >= 15 is 0 Å². The third kappa shape index (κ3) is 3.28. The molecule has 0 heterocycles. The van der Waals surface area contributed by atoms with Crippen LogP contribution in [0.2, 0.25) is 5.02 Å². The third-order valence-corrected chi connectivity index (χ3v) is 2.95. The van der Waals surface area contributed by atoms with Crippen LogP contribution in [0.5, 0.6) is 5.75 Å². The summed E-state index contributed by atoms with van der Waals surface area (Å²) in [6.07, 6.45) is -0.532. The maximum absolute atomic E-state index is 11.2. The lowest BCUT2D eigenvalue weighted by Gasteiger charge is -2.11. The van der Waals surface area contributed by atoms with E-state index in [1.165, 1.54) is 7.11 Å². The normalized spacial score (nSPS) is 9.75. The lowest BCUT2D eigenvalue weighted by Crippen LogP contribution is -2.14. The van der Waals surface area contributed by atoms with Gasteiger partial charge >= 0.3 is 6.09 Å². The zero-order valence-electron chi connectivity index (χ0n) is 8.84. The summed E-state index contributed by atoms with van der Waals surface area (Å²) in [5.41, 5.74) is 0.497. The Morgan fingerprint density at radius 3 is 2.81 bits per heavy atom. The number of halogens is 2. The van der Waals surface area contributed by atoms with Crippen LogP contribution in [0.1, 0.15) is 6.92 Å². The van der Waals surface area contributed by atoms with Gasteiger partial charge in [0.2, 0.25) is 0 Å². The van der Waals surface area contributed by atoms with Crippen LogP contribution in [0, 0.1) is 0 Å². The van der Waals surface area contributed by atoms with Gasteiger partial charge in [-0.2, -0.15) is 0 Å². The number of carbonyl (C=O) groups excluding carboxylic acids is 1. The highest BCUT2D eigenvalue weighted by molar-refractivity contribution is 9.10. The molecule has 0 aromatic heterocycles. The van der Waals surface area contributed by atoms with Crippen molar-refractivity contribution in [3.05, 3.63) is 21.6 Å². The van der Waals surface area contributed by atoms with Gasteiger partial charge in [0.05, 0.1) is 24.4 Å². The summed E-state index contributed by atoms with van der Waals surface area (Å²) in [5, 5.41) is 3.06. The van der Waals surface area contributed by atoms with Crippen molar-refractivity contribution in [3.63, 3.8) is 0 Å². The maximum atomic E-state index is 11.2. The van der Waals surface area contributed by atoms with Gasteiger partial charge < -0.3 is 9.47 Å². The molecule has 0 atom stereocenters. The topological polar surface area (TPSA) is 47.6 Å². The summed E-state index contributed by atoms with van der Waals surface area (Å²) in [6, 6.07) is 3.26. The van der Waals surface area contributed by atoms with Crippen molar-refractivity contribution in [3.8, 4) is 5.75 Å². The van der Waals surface area contributed by atoms with E-state index in [1.807, 2.05) is 0 Å². The summed E-state index contributed by atoms with van der Waals surface area (Å²) in [7, 11) is 1.50. The van der Waals surface area contributed by atoms with E-state index in [4.69, 9.17) is 21.1 Å². The Bertz CT molecular complexity index is 398. The number of hydrogen-bond donors (Lipinski definition) is 1. The molecule has 0 bridgehead atoms. The van der Waals surface area contributed by atoms with Gasteiger partial charge in [-0.3, -0.25) is 5.32 Å². The number of methoxy groups -OCH3 is 1. The van der Waals surface area contributed by atoms with E-state index < -0.39 is 6.09 Å². The first-order chi connectivity index (χ1) is 7.58. The molecule has 0 fully saturated rings. The fourth-order valence-corrected chi connectivity index (χ4v) is 1.57. The minimum atomic E-state index is -0.532. The van der Waals surface area contributed by atoms with Crippen LogP contribution in [-0.2, 0) is 4.74 Å². The molecule has 0 aliphatic heterocycles. The van der Waals surface area contributed by atoms with E-state index in [1.54, 1.807) is 19.1 Å². The number of anilines is 1. The van der Waals surface area contributed by atoms with E-state index in [0.29, 0.717) is 27.5 Å². The largest absolute Gasteiger partial charge is 0.495 e. The van der Waals surface area contributed by atoms with Crippen LogP contribution in [-0.4, -0.2) is 19.8 Å². The molecular formula is C10H11BrClNO3. The smallest absolute Gasteiger partial charge is 0.411 e. The van der Waals surface area contributed by atoms with Gasteiger partial charge in [0.25, 0.3) is 0 Å². The quantitative estimate of drug-likeness (QED) is 0.926. The summed E-state index contributed by atoms with van der Waals surface area (Å²) < 4.78 is 10.5. The van der Waals surface area contributed by atoms with Crippen LogP contribution in [0.25, 0.3) is 0 Å². The summed E-state index contributed by atoms with van der Waals surface area (Å²) in [4.78, 5) is 11.2. The molecule has 0 aliphatic carbocycles. The van der Waals surface area contributed by atoms with Gasteiger partial charge in [0, 0.05) is 10.5 Å². The first-order valence-electron chi connectivity index (χ1n) is 4.55. The Morgan fingerprint density at radius 1 is 1.56 bits per heavy atom. The number of hydrogen-bond acceptors (Lipinski definition) is 3. The van der Waals surface area contributed by atoms with Gasteiger partial charge in [-0.15, -0.1) is 0 Å². The Labute approximate surface area is 107 Å². The molecule has 1 rings (SSSR count). The van der Waals surface area contributed by atoms with E-state index in [-0.39, 0.29) is 0 Å². The molecule has 0 spiro atoms. The van der Waals surface area contributed by atoms with Crippen molar-refractivity contribution >= 4 is 39.3 Å². The molecule has 6 heteroatoms. The van der Waals surface area contributed by atoms with E-state index in [2.05, 4.69) is 21.2 Å². The predicted octanol–water partition coefficient (Wildman–Crippen LogP) is 3.68. The Kier molecular flexibility index (Phi) is 4.89. The molecule has 1 aromatic rings. The van der Waals surface area contributed by atoms with Crippen molar-refractivity contribution in [2.45, 2.75) is 6.92 Å². The summed E-state index contributed by atoms with van der Waals surface area (Å²) in [6.45, 7) is 2.04. The van der Waals surface area contributed by atoms with E-state index in [9.17, 15) is 4.79 Å². The average Bonchev–Trinajstić information content (AvgIpc) is 2.23. The van der Waals surface area contributed by atoms with E-state index in [0.717, 1.165) is 0 Å². The SMILES string of the molecule is CCOC(=O)Nc1cc(Br)c(Cl)cc1OC. The zero-order chi connectivity index (χ0) is 12.1.